The van der Waals surface area contributed by atoms with E-state index in [1.165, 1.54) is 0 Å². The van der Waals surface area contributed by atoms with Crippen molar-refractivity contribution >= 4 is 5.96 Å². The minimum absolute atomic E-state index is 0.298. The Kier molecular flexibility index (Phi) is 2.40. The number of aliphatic imine (C=N–C) groups is 1. The van der Waals surface area contributed by atoms with E-state index in [0.717, 1.165) is 45.2 Å². The minimum atomic E-state index is 0.298. The van der Waals surface area contributed by atoms with Crippen molar-refractivity contribution in [3.63, 3.8) is 0 Å². The van der Waals surface area contributed by atoms with Gasteiger partial charge in [-0.2, -0.15) is 0 Å². The molecule has 2 heterocycles. The van der Waals surface area contributed by atoms with Crippen LogP contribution in [-0.4, -0.2) is 38.8 Å². The molecular formula is C9H17N3O. The third-order valence-electron chi connectivity index (χ3n) is 2.66. The molecule has 0 saturated carbocycles. The molecule has 2 rings (SSSR count). The van der Waals surface area contributed by atoms with Gasteiger partial charge in [0.2, 0.25) is 0 Å². The number of nitrogens with zero attached hydrogens (tertiary/aromatic N) is 1. The first-order valence-electron chi connectivity index (χ1n) is 4.88. The van der Waals surface area contributed by atoms with Gasteiger partial charge < -0.3 is 15.4 Å². The van der Waals surface area contributed by atoms with Crippen LogP contribution in [0.2, 0.25) is 0 Å². The molecule has 74 valence electrons. The van der Waals surface area contributed by atoms with Crippen LogP contribution in [0.15, 0.2) is 4.99 Å². The average Bonchev–Trinajstić information content (AvgIpc) is 2.72. The molecule has 13 heavy (non-hydrogen) atoms. The average molecular weight is 183 g/mol. The number of hydrogen-bond donors (Lipinski definition) is 2. The number of rotatable bonds is 2. The van der Waals surface area contributed by atoms with Gasteiger partial charge >= 0.3 is 0 Å². The Labute approximate surface area is 78.8 Å². The molecule has 1 atom stereocenters. The number of guanidine groups is 1. The van der Waals surface area contributed by atoms with Crippen molar-refractivity contribution in [2.75, 3.05) is 32.8 Å². The van der Waals surface area contributed by atoms with E-state index in [2.05, 4.69) is 22.5 Å². The summed E-state index contributed by atoms with van der Waals surface area (Å²) in [6.45, 7) is 6.85. The summed E-state index contributed by atoms with van der Waals surface area (Å²) in [6, 6.07) is 0. The van der Waals surface area contributed by atoms with E-state index in [4.69, 9.17) is 4.74 Å². The number of nitrogens with one attached hydrogen (secondary N) is 2. The van der Waals surface area contributed by atoms with Crippen molar-refractivity contribution in [3.8, 4) is 0 Å². The quantitative estimate of drug-likeness (QED) is 0.631. The Morgan fingerprint density at radius 2 is 2.62 bits per heavy atom. The highest BCUT2D eigenvalue weighted by Crippen LogP contribution is 2.26. The van der Waals surface area contributed by atoms with Gasteiger partial charge in [0.25, 0.3) is 0 Å². The van der Waals surface area contributed by atoms with Gasteiger partial charge in [0, 0.05) is 25.1 Å². The van der Waals surface area contributed by atoms with Crippen LogP contribution >= 0.6 is 0 Å². The van der Waals surface area contributed by atoms with Crippen LogP contribution in [0.4, 0.5) is 0 Å². The molecule has 0 aromatic carbocycles. The smallest absolute Gasteiger partial charge is 0.191 e. The molecule has 0 aromatic heterocycles. The molecule has 4 nitrogen and oxygen atoms in total. The Morgan fingerprint density at radius 3 is 3.23 bits per heavy atom. The van der Waals surface area contributed by atoms with Crippen molar-refractivity contribution in [2.24, 2.45) is 10.4 Å². The summed E-state index contributed by atoms with van der Waals surface area (Å²) in [5.74, 6) is 0.952. The van der Waals surface area contributed by atoms with Crippen LogP contribution < -0.4 is 10.6 Å². The van der Waals surface area contributed by atoms with E-state index in [1.54, 1.807) is 0 Å². The third-order valence-corrected chi connectivity index (χ3v) is 2.66. The Balaban J connectivity index is 1.77. The summed E-state index contributed by atoms with van der Waals surface area (Å²) in [6.07, 6.45) is 1.15. The number of ether oxygens (including phenoxy) is 1. The molecule has 1 fully saturated rings. The second-order valence-corrected chi connectivity index (χ2v) is 4.12. The van der Waals surface area contributed by atoms with Crippen LogP contribution in [-0.2, 0) is 4.74 Å². The van der Waals surface area contributed by atoms with Crippen molar-refractivity contribution in [2.45, 2.75) is 13.3 Å². The van der Waals surface area contributed by atoms with Crippen molar-refractivity contribution in [3.05, 3.63) is 0 Å². The molecule has 0 amide bonds. The SMILES string of the molecule is CC1(CNC2=NCCN2)CCOC1. The van der Waals surface area contributed by atoms with Crippen molar-refractivity contribution in [1.29, 1.82) is 0 Å². The van der Waals surface area contributed by atoms with Crippen molar-refractivity contribution in [1.82, 2.24) is 10.6 Å². The van der Waals surface area contributed by atoms with Crippen LogP contribution in [0.1, 0.15) is 13.3 Å². The molecule has 1 saturated heterocycles. The lowest BCUT2D eigenvalue weighted by Crippen LogP contribution is -2.40. The first kappa shape index (κ1) is 8.81. The van der Waals surface area contributed by atoms with Gasteiger partial charge in [0.15, 0.2) is 5.96 Å². The van der Waals surface area contributed by atoms with Gasteiger partial charge in [-0.3, -0.25) is 4.99 Å². The largest absolute Gasteiger partial charge is 0.381 e. The second kappa shape index (κ2) is 3.54. The normalized spacial score (nSPS) is 32.8. The summed E-state index contributed by atoms with van der Waals surface area (Å²) in [5.41, 5.74) is 0.298. The maximum absolute atomic E-state index is 5.38. The van der Waals surface area contributed by atoms with Crippen LogP contribution in [0.5, 0.6) is 0 Å². The first-order valence-corrected chi connectivity index (χ1v) is 4.88. The fourth-order valence-corrected chi connectivity index (χ4v) is 1.66. The van der Waals surface area contributed by atoms with Gasteiger partial charge in [0.05, 0.1) is 13.2 Å². The zero-order valence-electron chi connectivity index (χ0n) is 8.10. The summed E-state index contributed by atoms with van der Waals surface area (Å²) >= 11 is 0. The molecule has 0 aliphatic carbocycles. The van der Waals surface area contributed by atoms with E-state index in [0.29, 0.717) is 5.41 Å². The Morgan fingerprint density at radius 1 is 1.69 bits per heavy atom. The lowest BCUT2D eigenvalue weighted by Gasteiger charge is -2.22. The molecule has 0 spiro atoms. The fraction of sp³-hybridized carbons (Fsp3) is 0.889. The zero-order valence-corrected chi connectivity index (χ0v) is 8.10. The second-order valence-electron chi connectivity index (χ2n) is 4.12. The topological polar surface area (TPSA) is 45.7 Å². The molecule has 4 heteroatoms. The minimum Gasteiger partial charge on any atom is -0.381 e. The highest BCUT2D eigenvalue weighted by atomic mass is 16.5. The Hall–Kier alpha value is -0.770. The van der Waals surface area contributed by atoms with Crippen LogP contribution in [0.3, 0.4) is 0 Å². The molecule has 0 bridgehead atoms. The van der Waals surface area contributed by atoms with Crippen molar-refractivity contribution < 1.29 is 4.74 Å². The molecule has 2 N–H and O–H groups in total. The molecular weight excluding hydrogens is 166 g/mol. The summed E-state index contributed by atoms with van der Waals surface area (Å²) in [4.78, 5) is 4.28. The fourth-order valence-electron chi connectivity index (χ4n) is 1.66. The van der Waals surface area contributed by atoms with E-state index >= 15 is 0 Å². The summed E-state index contributed by atoms with van der Waals surface area (Å²) in [7, 11) is 0. The van der Waals surface area contributed by atoms with Gasteiger partial charge in [-0.25, -0.2) is 0 Å². The molecule has 2 aliphatic rings. The van der Waals surface area contributed by atoms with Crippen LogP contribution in [0.25, 0.3) is 0 Å². The zero-order chi connectivity index (χ0) is 9.15. The molecule has 1 unspecified atom stereocenters. The van der Waals surface area contributed by atoms with E-state index in [1.807, 2.05) is 0 Å². The Bertz CT molecular complexity index is 209. The standard InChI is InChI=1S/C9H17N3O/c1-9(2-5-13-7-9)6-12-8-10-3-4-11-8/h2-7H2,1H3,(H2,10,11,12). The molecule has 2 aliphatic heterocycles. The summed E-state index contributed by atoms with van der Waals surface area (Å²) in [5, 5.41) is 6.52. The number of hydrogen-bond acceptors (Lipinski definition) is 4. The third kappa shape index (κ3) is 2.12. The monoisotopic (exact) mass is 183 g/mol. The highest BCUT2D eigenvalue weighted by Gasteiger charge is 2.29. The van der Waals surface area contributed by atoms with Gasteiger partial charge in [0.1, 0.15) is 0 Å². The van der Waals surface area contributed by atoms with E-state index in [9.17, 15) is 0 Å². The van der Waals surface area contributed by atoms with Gasteiger partial charge in [-0.15, -0.1) is 0 Å². The predicted octanol–water partition coefficient (Wildman–Crippen LogP) is -0.0382. The first-order chi connectivity index (χ1) is 6.29. The highest BCUT2D eigenvalue weighted by molar-refractivity contribution is 5.81. The van der Waals surface area contributed by atoms with E-state index < -0.39 is 0 Å². The van der Waals surface area contributed by atoms with E-state index in [-0.39, 0.29) is 0 Å². The van der Waals surface area contributed by atoms with Gasteiger partial charge in [-0.05, 0) is 6.42 Å². The molecule has 0 aromatic rings. The molecule has 0 radical (unpaired) electrons. The maximum Gasteiger partial charge on any atom is 0.191 e. The lowest BCUT2D eigenvalue weighted by molar-refractivity contribution is 0.160. The lowest BCUT2D eigenvalue weighted by atomic mass is 9.90. The predicted molar refractivity (Wildman–Crippen MR) is 51.9 cm³/mol. The summed E-state index contributed by atoms with van der Waals surface area (Å²) < 4.78 is 5.38. The van der Waals surface area contributed by atoms with Gasteiger partial charge in [-0.1, -0.05) is 6.92 Å². The van der Waals surface area contributed by atoms with Crippen LogP contribution in [0, 0.1) is 5.41 Å². The maximum atomic E-state index is 5.38.